The summed E-state index contributed by atoms with van der Waals surface area (Å²) in [6.45, 7) is 2.15. The maximum atomic E-state index is 11.1. The first-order valence-corrected chi connectivity index (χ1v) is 6.81. The molecule has 0 aromatic heterocycles. The predicted octanol–water partition coefficient (Wildman–Crippen LogP) is 2.35. The van der Waals surface area contributed by atoms with E-state index in [1.165, 1.54) is 5.56 Å². The lowest BCUT2D eigenvalue weighted by atomic mass is 10.00. The van der Waals surface area contributed by atoms with E-state index >= 15 is 0 Å². The molecular formula is C15H21NO3. The molecule has 0 bridgehead atoms. The molecule has 1 aliphatic carbocycles. The van der Waals surface area contributed by atoms with Crippen LogP contribution in [0.5, 0.6) is 5.75 Å². The number of hydrogen-bond acceptors (Lipinski definition) is 3. The molecule has 0 amide bonds. The molecule has 1 fully saturated rings. The van der Waals surface area contributed by atoms with Gasteiger partial charge in [-0.2, -0.15) is 0 Å². The molecule has 2 unspecified atom stereocenters. The summed E-state index contributed by atoms with van der Waals surface area (Å²) in [7, 11) is 0. The normalized spacial score (nSPS) is 26.3. The molecule has 0 radical (unpaired) electrons. The van der Waals surface area contributed by atoms with Gasteiger partial charge >= 0.3 is 5.97 Å². The van der Waals surface area contributed by atoms with Crippen LogP contribution in [0.3, 0.4) is 0 Å². The lowest BCUT2D eigenvalue weighted by Crippen LogP contribution is -2.46. The van der Waals surface area contributed by atoms with Crippen molar-refractivity contribution in [2.24, 2.45) is 5.73 Å². The lowest BCUT2D eigenvalue weighted by molar-refractivity contribution is -0.143. The van der Waals surface area contributed by atoms with E-state index in [2.05, 4.69) is 19.1 Å². The van der Waals surface area contributed by atoms with Crippen molar-refractivity contribution in [1.29, 1.82) is 0 Å². The number of carboxylic acid groups (broad SMARTS) is 1. The van der Waals surface area contributed by atoms with Crippen molar-refractivity contribution in [3.8, 4) is 5.75 Å². The van der Waals surface area contributed by atoms with E-state index in [1.807, 2.05) is 12.1 Å². The van der Waals surface area contributed by atoms with Crippen molar-refractivity contribution in [2.45, 2.75) is 50.7 Å². The van der Waals surface area contributed by atoms with Crippen molar-refractivity contribution < 1.29 is 14.6 Å². The number of hydrogen-bond donors (Lipinski definition) is 2. The molecule has 1 aromatic carbocycles. The highest BCUT2D eigenvalue weighted by Gasteiger charge is 2.43. The number of ether oxygens (including phenoxy) is 1. The smallest absolute Gasteiger partial charge is 0.323 e. The second-order valence-electron chi connectivity index (χ2n) is 5.34. The molecule has 2 rings (SSSR count). The largest absolute Gasteiger partial charge is 0.490 e. The Morgan fingerprint density at radius 2 is 2.16 bits per heavy atom. The Hall–Kier alpha value is -1.55. The van der Waals surface area contributed by atoms with Gasteiger partial charge in [-0.15, -0.1) is 0 Å². The Morgan fingerprint density at radius 3 is 2.68 bits per heavy atom. The molecule has 1 aliphatic rings. The first-order valence-electron chi connectivity index (χ1n) is 6.81. The van der Waals surface area contributed by atoms with Crippen LogP contribution in [0.15, 0.2) is 24.3 Å². The second kappa shape index (κ2) is 5.61. The van der Waals surface area contributed by atoms with Gasteiger partial charge in [-0.1, -0.05) is 25.5 Å². The second-order valence-corrected chi connectivity index (χ2v) is 5.34. The van der Waals surface area contributed by atoms with Gasteiger partial charge in [-0.3, -0.25) is 4.79 Å². The van der Waals surface area contributed by atoms with Crippen LogP contribution >= 0.6 is 0 Å². The van der Waals surface area contributed by atoms with Gasteiger partial charge in [0.15, 0.2) is 0 Å². The van der Waals surface area contributed by atoms with Crippen molar-refractivity contribution in [2.75, 3.05) is 0 Å². The third-order valence-corrected chi connectivity index (χ3v) is 3.70. The molecule has 4 nitrogen and oxygen atoms in total. The standard InChI is InChI=1S/C15H21NO3/c1-2-3-11-4-6-12(7-5-11)19-13-8-9-15(16,10-13)14(17)18/h4-7,13H,2-3,8-10,16H2,1H3,(H,17,18). The van der Waals surface area contributed by atoms with Crippen molar-refractivity contribution in [3.05, 3.63) is 29.8 Å². The number of nitrogens with two attached hydrogens (primary N) is 1. The molecule has 104 valence electrons. The average Bonchev–Trinajstić information content (AvgIpc) is 2.75. The first kappa shape index (κ1) is 13.9. The van der Waals surface area contributed by atoms with Crippen LogP contribution in [0.25, 0.3) is 0 Å². The summed E-state index contributed by atoms with van der Waals surface area (Å²) < 4.78 is 5.81. The summed E-state index contributed by atoms with van der Waals surface area (Å²) in [6, 6.07) is 8.01. The predicted molar refractivity (Wildman–Crippen MR) is 73.3 cm³/mol. The van der Waals surface area contributed by atoms with Gasteiger partial charge in [0.1, 0.15) is 17.4 Å². The summed E-state index contributed by atoms with van der Waals surface area (Å²) in [5.41, 5.74) is 6.00. The van der Waals surface area contributed by atoms with Gasteiger partial charge in [0.25, 0.3) is 0 Å². The van der Waals surface area contributed by atoms with Crippen LogP contribution < -0.4 is 10.5 Å². The molecule has 1 aromatic rings. The van der Waals surface area contributed by atoms with Crippen LogP contribution in [-0.4, -0.2) is 22.7 Å². The highest BCUT2D eigenvalue weighted by atomic mass is 16.5. The minimum atomic E-state index is -1.12. The van der Waals surface area contributed by atoms with Crippen molar-refractivity contribution in [3.63, 3.8) is 0 Å². The van der Waals surface area contributed by atoms with Gasteiger partial charge in [0, 0.05) is 6.42 Å². The fourth-order valence-corrected chi connectivity index (χ4v) is 2.54. The van der Waals surface area contributed by atoms with E-state index in [9.17, 15) is 4.79 Å². The Labute approximate surface area is 113 Å². The number of carboxylic acids is 1. The molecular weight excluding hydrogens is 242 g/mol. The number of carbonyl (C=O) groups is 1. The molecule has 4 heteroatoms. The van der Waals surface area contributed by atoms with Crippen LogP contribution in [0, 0.1) is 0 Å². The number of aliphatic carboxylic acids is 1. The molecule has 0 saturated heterocycles. The minimum absolute atomic E-state index is 0.0990. The van der Waals surface area contributed by atoms with E-state index in [-0.39, 0.29) is 6.10 Å². The fourth-order valence-electron chi connectivity index (χ4n) is 2.54. The van der Waals surface area contributed by atoms with Crippen molar-refractivity contribution >= 4 is 5.97 Å². The first-order chi connectivity index (χ1) is 9.03. The summed E-state index contributed by atoms with van der Waals surface area (Å²) in [6.07, 6.45) is 3.63. The summed E-state index contributed by atoms with van der Waals surface area (Å²) in [5, 5.41) is 9.07. The van der Waals surface area contributed by atoms with Crippen molar-refractivity contribution in [1.82, 2.24) is 0 Å². The zero-order valence-electron chi connectivity index (χ0n) is 11.3. The van der Waals surface area contributed by atoms with Crippen LogP contribution in [0.1, 0.15) is 38.2 Å². The fraction of sp³-hybridized carbons (Fsp3) is 0.533. The van der Waals surface area contributed by atoms with Gasteiger partial charge in [-0.25, -0.2) is 0 Å². The van der Waals surface area contributed by atoms with Gasteiger partial charge < -0.3 is 15.6 Å². The van der Waals surface area contributed by atoms with Gasteiger partial charge in [0.2, 0.25) is 0 Å². The molecule has 0 aliphatic heterocycles. The average molecular weight is 263 g/mol. The zero-order valence-corrected chi connectivity index (χ0v) is 11.3. The molecule has 2 atom stereocenters. The Kier molecular flexibility index (Phi) is 4.10. The van der Waals surface area contributed by atoms with E-state index < -0.39 is 11.5 Å². The van der Waals surface area contributed by atoms with Crippen LogP contribution in [0.2, 0.25) is 0 Å². The topological polar surface area (TPSA) is 72.5 Å². The van der Waals surface area contributed by atoms with Gasteiger partial charge in [0.05, 0.1) is 0 Å². The van der Waals surface area contributed by atoms with E-state index in [0.717, 1.165) is 18.6 Å². The maximum Gasteiger partial charge on any atom is 0.323 e. The molecule has 19 heavy (non-hydrogen) atoms. The van der Waals surface area contributed by atoms with E-state index in [0.29, 0.717) is 19.3 Å². The molecule has 0 spiro atoms. The Morgan fingerprint density at radius 1 is 1.47 bits per heavy atom. The Bertz CT molecular complexity index is 443. The molecule has 3 N–H and O–H groups in total. The summed E-state index contributed by atoms with van der Waals surface area (Å²) in [5.74, 6) is -0.142. The third kappa shape index (κ3) is 3.26. The van der Waals surface area contributed by atoms with Crippen LogP contribution in [0.4, 0.5) is 0 Å². The highest BCUT2D eigenvalue weighted by molar-refractivity contribution is 5.79. The Balaban J connectivity index is 1.94. The highest BCUT2D eigenvalue weighted by Crippen LogP contribution is 2.31. The quantitative estimate of drug-likeness (QED) is 0.855. The number of rotatable bonds is 5. The van der Waals surface area contributed by atoms with Gasteiger partial charge in [-0.05, 0) is 37.0 Å². The monoisotopic (exact) mass is 263 g/mol. The van der Waals surface area contributed by atoms with Crippen LogP contribution in [-0.2, 0) is 11.2 Å². The van der Waals surface area contributed by atoms with E-state index in [4.69, 9.17) is 15.6 Å². The number of aryl methyl sites for hydroxylation is 1. The summed E-state index contributed by atoms with van der Waals surface area (Å²) >= 11 is 0. The van der Waals surface area contributed by atoms with E-state index in [1.54, 1.807) is 0 Å². The molecule has 0 heterocycles. The summed E-state index contributed by atoms with van der Waals surface area (Å²) in [4.78, 5) is 11.1. The SMILES string of the molecule is CCCc1ccc(OC2CCC(N)(C(=O)O)C2)cc1. The zero-order chi connectivity index (χ0) is 13.9. The third-order valence-electron chi connectivity index (χ3n) is 3.70. The molecule has 1 saturated carbocycles. The number of benzene rings is 1. The lowest BCUT2D eigenvalue weighted by Gasteiger charge is -2.18. The minimum Gasteiger partial charge on any atom is -0.490 e. The maximum absolute atomic E-state index is 11.1.